The Balaban J connectivity index is 1.70. The molecule has 34 heavy (non-hydrogen) atoms. The van der Waals surface area contributed by atoms with E-state index in [1.165, 1.54) is 22.8 Å². The summed E-state index contributed by atoms with van der Waals surface area (Å²) in [6.07, 6.45) is 4.22. The Morgan fingerprint density at radius 2 is 1.00 bits per heavy atom. The molecule has 2 aliphatic rings. The first-order valence-electron chi connectivity index (χ1n) is 12.6. The van der Waals surface area contributed by atoms with Gasteiger partial charge < -0.3 is 9.97 Å². The Hall–Kier alpha value is -2.88. The van der Waals surface area contributed by atoms with Gasteiger partial charge in [-0.05, 0) is 85.0 Å². The summed E-state index contributed by atoms with van der Waals surface area (Å²) in [6.45, 7) is 13.9. The van der Waals surface area contributed by atoms with Crippen LogP contribution in [0.4, 0.5) is 0 Å². The molecule has 3 aromatic rings. The topological polar surface area (TPSA) is 57.4 Å². The molecule has 0 saturated heterocycles. The number of nitrogens with zero attached hydrogens (tertiary/aromatic N) is 2. The maximum atomic E-state index is 5.13. The van der Waals surface area contributed by atoms with E-state index in [1.54, 1.807) is 0 Å². The van der Waals surface area contributed by atoms with Gasteiger partial charge >= 0.3 is 0 Å². The van der Waals surface area contributed by atoms with E-state index in [0.717, 1.165) is 47.8 Å². The Bertz CT molecular complexity index is 1240. The Morgan fingerprint density at radius 1 is 0.618 bits per heavy atom. The van der Waals surface area contributed by atoms with Crippen molar-refractivity contribution < 1.29 is 0 Å². The predicted molar refractivity (Wildman–Crippen MR) is 142 cm³/mol. The van der Waals surface area contributed by atoms with Gasteiger partial charge in [-0.2, -0.15) is 0 Å². The second-order valence-corrected chi connectivity index (χ2v) is 12.7. The Morgan fingerprint density at radius 3 is 1.38 bits per heavy atom. The monoisotopic (exact) mass is 454 g/mol. The number of H-pyrrole nitrogens is 2. The van der Waals surface area contributed by atoms with E-state index in [-0.39, 0.29) is 10.8 Å². The van der Waals surface area contributed by atoms with E-state index >= 15 is 0 Å². The van der Waals surface area contributed by atoms with Crippen molar-refractivity contribution in [3.63, 3.8) is 0 Å². The average Bonchev–Trinajstić information content (AvgIpc) is 3.45. The summed E-state index contributed by atoms with van der Waals surface area (Å²) in [4.78, 5) is 17.4. The summed E-state index contributed by atoms with van der Waals surface area (Å²) in [5.74, 6) is 0.871. The lowest BCUT2D eigenvalue weighted by atomic mass is 9.82. The molecule has 3 aromatic heterocycles. The molecular weight excluding hydrogens is 416 g/mol. The summed E-state index contributed by atoms with van der Waals surface area (Å²) in [5, 5.41) is 0. The molecule has 2 aliphatic heterocycles. The number of hydrogen-bond acceptors (Lipinski definition) is 2. The fourth-order valence-corrected chi connectivity index (χ4v) is 5.51. The predicted octanol–water partition coefficient (Wildman–Crippen LogP) is 7.84. The van der Waals surface area contributed by atoms with Gasteiger partial charge in [-0.3, -0.25) is 9.97 Å². The molecule has 4 nitrogen and oxygen atoms in total. The first-order valence-corrected chi connectivity index (χ1v) is 12.6. The molecule has 8 bridgehead atoms. The third-order valence-electron chi connectivity index (χ3n) is 6.72. The summed E-state index contributed by atoms with van der Waals surface area (Å²) >= 11 is 0. The summed E-state index contributed by atoms with van der Waals surface area (Å²) in [7, 11) is 0. The molecule has 5 rings (SSSR count). The van der Waals surface area contributed by atoms with Gasteiger partial charge in [-0.25, -0.2) is 0 Å². The van der Waals surface area contributed by atoms with E-state index in [9.17, 15) is 0 Å². The highest BCUT2D eigenvalue weighted by Crippen LogP contribution is 2.38. The fourth-order valence-electron chi connectivity index (χ4n) is 5.51. The molecular formula is C30H38N4. The zero-order valence-corrected chi connectivity index (χ0v) is 21.5. The summed E-state index contributed by atoms with van der Waals surface area (Å²) in [6, 6.07) is 17.5. The minimum Gasteiger partial charge on any atom is -0.355 e. The zero-order valence-electron chi connectivity index (χ0n) is 21.5. The number of aromatic nitrogens is 4. The maximum Gasteiger partial charge on any atom is 0.0462 e. The van der Waals surface area contributed by atoms with Crippen molar-refractivity contribution in [2.24, 2.45) is 10.8 Å². The van der Waals surface area contributed by atoms with Gasteiger partial charge in [0.05, 0.1) is 0 Å². The average molecular weight is 455 g/mol. The summed E-state index contributed by atoms with van der Waals surface area (Å²) in [5.41, 5.74) is 9.61. The van der Waals surface area contributed by atoms with E-state index in [2.05, 4.69) is 100 Å². The Labute approximate surface area is 203 Å². The molecule has 0 aliphatic carbocycles. The van der Waals surface area contributed by atoms with Crippen molar-refractivity contribution >= 4 is 22.1 Å². The SMILES string of the molecule is CC(C)(C)CC1Cc2cc3nc(cc4ccc(cc5ccc(cc1n2)[nH]5)[nH]4)C(CC(C)(C)C)C3. The van der Waals surface area contributed by atoms with Crippen LogP contribution in [0.3, 0.4) is 0 Å². The maximum absolute atomic E-state index is 5.13. The van der Waals surface area contributed by atoms with Crippen LogP contribution in [0.1, 0.15) is 89.0 Å². The van der Waals surface area contributed by atoms with Crippen LogP contribution in [0.5, 0.6) is 0 Å². The summed E-state index contributed by atoms with van der Waals surface area (Å²) < 4.78 is 0. The third-order valence-corrected chi connectivity index (χ3v) is 6.72. The first kappa shape index (κ1) is 22.9. The molecule has 2 atom stereocenters. The largest absolute Gasteiger partial charge is 0.355 e. The smallest absolute Gasteiger partial charge is 0.0462 e. The van der Waals surface area contributed by atoms with Crippen molar-refractivity contribution in [3.05, 3.63) is 71.3 Å². The van der Waals surface area contributed by atoms with Crippen LogP contribution in [-0.2, 0) is 12.8 Å². The second-order valence-electron chi connectivity index (χ2n) is 12.7. The van der Waals surface area contributed by atoms with Crippen molar-refractivity contribution in [3.8, 4) is 0 Å². The van der Waals surface area contributed by atoms with Crippen molar-refractivity contribution in [2.45, 2.75) is 79.1 Å². The molecule has 0 radical (unpaired) electrons. The normalized spacial score (nSPS) is 18.9. The zero-order chi connectivity index (χ0) is 24.1. The number of fused-ring (bicyclic) bond motifs is 8. The molecule has 178 valence electrons. The van der Waals surface area contributed by atoms with E-state index < -0.39 is 0 Å². The standard InChI is InChI=1S/C30H38N4/c1-29(2,3)17-19-11-25-14-26-12-20(18-30(4,5)6)28(34-26)16-24-10-8-22(32-24)13-21-7-9-23(31-21)15-27(19)33-25/h7-10,13-16,19-20,31-32H,11-12,17-18H2,1-6H3. The number of rotatable bonds is 2. The quantitative estimate of drug-likeness (QED) is 0.414. The lowest BCUT2D eigenvalue weighted by Gasteiger charge is -2.22. The molecule has 0 saturated carbocycles. The van der Waals surface area contributed by atoms with Gasteiger partial charge in [0, 0.05) is 56.7 Å². The fraction of sp³-hybridized carbons (Fsp3) is 0.467. The molecule has 0 aromatic carbocycles. The molecule has 0 spiro atoms. The Kier molecular flexibility index (Phi) is 5.66. The van der Waals surface area contributed by atoms with Crippen LogP contribution in [0.2, 0.25) is 0 Å². The van der Waals surface area contributed by atoms with Gasteiger partial charge in [0.15, 0.2) is 0 Å². The highest BCUT2D eigenvalue weighted by Gasteiger charge is 2.28. The van der Waals surface area contributed by atoms with Crippen molar-refractivity contribution in [2.75, 3.05) is 0 Å². The van der Waals surface area contributed by atoms with E-state index in [1.807, 2.05) is 0 Å². The van der Waals surface area contributed by atoms with Gasteiger partial charge in [-0.15, -0.1) is 0 Å². The molecule has 5 heterocycles. The number of aromatic amines is 2. The second kappa shape index (κ2) is 8.41. The lowest BCUT2D eigenvalue weighted by Crippen LogP contribution is -2.11. The van der Waals surface area contributed by atoms with Gasteiger partial charge in [0.2, 0.25) is 0 Å². The number of hydrogen-bond donors (Lipinski definition) is 2. The number of nitrogens with one attached hydrogen (secondary N) is 2. The van der Waals surface area contributed by atoms with Crippen molar-refractivity contribution in [1.29, 1.82) is 0 Å². The molecule has 2 N–H and O–H groups in total. The van der Waals surface area contributed by atoms with Crippen LogP contribution in [0.15, 0.2) is 48.5 Å². The van der Waals surface area contributed by atoms with Crippen LogP contribution in [-0.4, -0.2) is 19.9 Å². The first-order chi connectivity index (χ1) is 16.0. The molecule has 0 fully saturated rings. The minimum absolute atomic E-state index is 0.256. The van der Waals surface area contributed by atoms with Gasteiger partial charge in [0.1, 0.15) is 0 Å². The minimum atomic E-state index is 0.256. The van der Waals surface area contributed by atoms with E-state index in [0.29, 0.717) is 11.8 Å². The van der Waals surface area contributed by atoms with Crippen LogP contribution < -0.4 is 0 Å². The van der Waals surface area contributed by atoms with Crippen LogP contribution >= 0.6 is 0 Å². The van der Waals surface area contributed by atoms with Gasteiger partial charge in [-0.1, -0.05) is 41.5 Å². The molecule has 2 unspecified atom stereocenters. The lowest BCUT2D eigenvalue weighted by molar-refractivity contribution is 0.341. The molecule has 0 amide bonds. The highest BCUT2D eigenvalue weighted by atomic mass is 14.8. The third kappa shape index (κ3) is 5.43. The van der Waals surface area contributed by atoms with Crippen LogP contribution in [0.25, 0.3) is 22.1 Å². The molecule has 4 heteroatoms. The highest BCUT2D eigenvalue weighted by molar-refractivity contribution is 5.67. The van der Waals surface area contributed by atoms with Gasteiger partial charge in [0.25, 0.3) is 0 Å². The van der Waals surface area contributed by atoms with Crippen molar-refractivity contribution in [1.82, 2.24) is 19.9 Å². The van der Waals surface area contributed by atoms with E-state index in [4.69, 9.17) is 9.97 Å². The van der Waals surface area contributed by atoms with Crippen LogP contribution in [0, 0.1) is 10.8 Å².